The van der Waals surface area contributed by atoms with Gasteiger partial charge in [-0.25, -0.2) is 0 Å². The molecule has 0 bridgehead atoms. The Bertz CT molecular complexity index is 3170. The smallest absolute Gasteiger partial charge is 0.199 e. The van der Waals surface area contributed by atoms with Crippen LogP contribution in [0.4, 0.5) is 0 Å². The number of fused-ring (bicyclic) bond motifs is 6. The molecule has 0 atom stereocenters. The van der Waals surface area contributed by atoms with E-state index >= 15 is 0 Å². The van der Waals surface area contributed by atoms with E-state index in [4.69, 9.17) is 0 Å². The molecule has 0 aliphatic heterocycles. The molecule has 0 fully saturated rings. The fourth-order valence-electron chi connectivity index (χ4n) is 12.3. The van der Waals surface area contributed by atoms with E-state index < -0.39 is 12.3 Å². The van der Waals surface area contributed by atoms with Crippen LogP contribution in [-0.4, -0.2) is 35.3 Å². The standard InChI is InChI=1S/2C34H30B.Mg/c2*1-2-3-22-35(32-19-16-26-10-4-7-13-29(26)23-32,33-20-17-27-11-5-8-14-30(27)24-33)34-21-18-28-12-6-9-15-31(28)25-34;/h2*4-21,23-25H,2-3,22H2,1H3;/q2*-1;+2. The molecule has 340 valence electrons. The summed E-state index contributed by atoms with van der Waals surface area (Å²) in [6, 6.07) is 95.4. The molecule has 0 radical (unpaired) electrons. The van der Waals surface area contributed by atoms with Crippen LogP contribution in [0.2, 0.25) is 12.6 Å². The maximum Gasteiger partial charge on any atom is 2.00 e. The molecule has 12 aromatic rings. The number of benzene rings is 12. The summed E-state index contributed by atoms with van der Waals surface area (Å²) in [5.74, 6) is 0. The van der Waals surface area contributed by atoms with Crippen molar-refractivity contribution in [1.82, 2.24) is 0 Å². The zero-order chi connectivity index (χ0) is 47.3. The molecule has 0 spiro atoms. The first-order valence-corrected chi connectivity index (χ1v) is 25.9. The Morgan fingerprint density at radius 3 is 0.563 bits per heavy atom. The Hall–Kier alpha value is -6.90. The van der Waals surface area contributed by atoms with Gasteiger partial charge in [0.1, 0.15) is 0 Å². The van der Waals surface area contributed by atoms with Crippen LogP contribution in [0.15, 0.2) is 255 Å². The van der Waals surface area contributed by atoms with Crippen LogP contribution in [0.3, 0.4) is 0 Å². The number of rotatable bonds is 12. The normalized spacial score (nSPS) is 11.7. The molecular weight excluding hydrogens is 863 g/mol. The van der Waals surface area contributed by atoms with E-state index in [1.54, 1.807) is 0 Å². The van der Waals surface area contributed by atoms with Crippen molar-refractivity contribution in [2.24, 2.45) is 0 Å². The van der Waals surface area contributed by atoms with Crippen molar-refractivity contribution in [2.75, 3.05) is 0 Å². The molecule has 12 rings (SSSR count). The summed E-state index contributed by atoms with van der Waals surface area (Å²) in [6.45, 7) is 4.62. The second kappa shape index (κ2) is 21.2. The molecule has 12 aromatic carbocycles. The maximum atomic E-state index is 2.45. The Balaban J connectivity index is 0.000000162. The van der Waals surface area contributed by atoms with Crippen LogP contribution in [0.25, 0.3) is 64.6 Å². The van der Waals surface area contributed by atoms with Gasteiger partial charge in [0, 0.05) is 0 Å². The van der Waals surface area contributed by atoms with Gasteiger partial charge in [0.05, 0.1) is 12.3 Å². The van der Waals surface area contributed by atoms with Crippen LogP contribution < -0.4 is 32.8 Å². The van der Waals surface area contributed by atoms with Crippen molar-refractivity contribution in [3.8, 4) is 0 Å². The van der Waals surface area contributed by atoms with E-state index in [-0.39, 0.29) is 23.1 Å². The summed E-state index contributed by atoms with van der Waals surface area (Å²) in [7, 11) is 0. The summed E-state index contributed by atoms with van der Waals surface area (Å²) in [5, 5.41) is 15.7. The summed E-state index contributed by atoms with van der Waals surface area (Å²) < 4.78 is 0. The minimum Gasteiger partial charge on any atom is -0.199 e. The summed E-state index contributed by atoms with van der Waals surface area (Å²) in [5.41, 5.74) is 8.60. The monoisotopic (exact) mass is 922 g/mol. The number of hydrogen-bond donors (Lipinski definition) is 0. The fourth-order valence-corrected chi connectivity index (χ4v) is 12.3. The second-order valence-electron chi connectivity index (χ2n) is 20.0. The van der Waals surface area contributed by atoms with E-state index in [0.717, 1.165) is 12.6 Å². The molecule has 0 nitrogen and oxygen atoms in total. The molecule has 0 N–H and O–H groups in total. The Morgan fingerprint density at radius 1 is 0.225 bits per heavy atom. The summed E-state index contributed by atoms with van der Waals surface area (Å²) in [6.07, 6.45) is 4.67. The van der Waals surface area contributed by atoms with Gasteiger partial charge < -0.3 is 0 Å². The molecule has 0 saturated heterocycles. The van der Waals surface area contributed by atoms with Crippen LogP contribution >= 0.6 is 0 Å². The molecule has 0 unspecified atom stereocenters. The van der Waals surface area contributed by atoms with Crippen LogP contribution in [0.5, 0.6) is 0 Å². The van der Waals surface area contributed by atoms with Gasteiger partial charge in [-0.05, 0) is 64.6 Å². The number of unbranched alkanes of at least 4 members (excludes halogenated alkanes) is 2. The molecule has 0 aromatic heterocycles. The Kier molecular flexibility index (Phi) is 14.3. The van der Waals surface area contributed by atoms with E-state index in [1.165, 1.54) is 123 Å². The van der Waals surface area contributed by atoms with E-state index in [0.29, 0.717) is 0 Å². The van der Waals surface area contributed by atoms with Gasteiger partial charge in [-0.3, -0.25) is 0 Å². The fraction of sp³-hybridized carbons (Fsp3) is 0.118. The first kappa shape index (κ1) is 47.8. The third kappa shape index (κ3) is 9.30. The molecule has 71 heavy (non-hydrogen) atoms. The molecule has 0 aliphatic carbocycles. The average molecular weight is 923 g/mol. The Morgan fingerprint density at radius 2 is 0.394 bits per heavy atom. The first-order chi connectivity index (χ1) is 34.6. The summed E-state index contributed by atoms with van der Waals surface area (Å²) >= 11 is 0. The van der Waals surface area contributed by atoms with E-state index in [9.17, 15) is 0 Å². The maximum absolute atomic E-state index is 2.45. The topological polar surface area (TPSA) is 0 Å². The van der Waals surface area contributed by atoms with E-state index in [2.05, 4.69) is 269 Å². The molecule has 3 heteroatoms. The zero-order valence-corrected chi connectivity index (χ0v) is 42.8. The molecular formula is C68H60B2Mg. The van der Waals surface area contributed by atoms with Gasteiger partial charge in [0.25, 0.3) is 0 Å². The average Bonchev–Trinajstić information content (AvgIpc) is 3.43. The van der Waals surface area contributed by atoms with Gasteiger partial charge in [-0.15, -0.1) is 0 Å². The first-order valence-electron chi connectivity index (χ1n) is 25.9. The van der Waals surface area contributed by atoms with Crippen LogP contribution in [-0.2, 0) is 0 Å². The third-order valence-corrected chi connectivity index (χ3v) is 16.0. The summed E-state index contributed by atoms with van der Waals surface area (Å²) in [4.78, 5) is 0. The van der Waals surface area contributed by atoms with Crippen LogP contribution in [0.1, 0.15) is 39.5 Å². The predicted octanol–water partition coefficient (Wildman–Crippen LogP) is 14.5. The second-order valence-corrected chi connectivity index (χ2v) is 20.0. The molecule has 0 saturated carbocycles. The predicted molar refractivity (Wildman–Crippen MR) is 318 cm³/mol. The number of hydrogen-bond acceptors (Lipinski definition) is 0. The SMILES string of the molecule is CCCC[B-](c1ccc2ccccc2c1)(c1ccc2ccccc2c1)c1ccc2ccccc2c1.CCCC[B-](c1ccc2ccccc2c1)(c1ccc2ccccc2c1)c1ccc2ccccc2c1.[Mg+2]. The van der Waals surface area contributed by atoms with Crippen molar-refractivity contribution >= 4 is 133 Å². The van der Waals surface area contributed by atoms with Gasteiger partial charge >= 0.3 is 23.1 Å². The van der Waals surface area contributed by atoms with Gasteiger partial charge in [0.15, 0.2) is 0 Å². The minimum atomic E-state index is -1.16. The van der Waals surface area contributed by atoms with E-state index in [1.807, 2.05) is 0 Å². The Labute approximate surface area is 436 Å². The molecule has 0 heterocycles. The van der Waals surface area contributed by atoms with Gasteiger partial charge in [-0.2, -0.15) is 45.4 Å². The van der Waals surface area contributed by atoms with Crippen molar-refractivity contribution < 1.29 is 0 Å². The molecule has 0 amide bonds. The van der Waals surface area contributed by atoms with Crippen molar-refractivity contribution in [3.05, 3.63) is 255 Å². The van der Waals surface area contributed by atoms with Crippen molar-refractivity contribution in [3.63, 3.8) is 0 Å². The largest absolute Gasteiger partial charge is 2.00 e. The van der Waals surface area contributed by atoms with Crippen molar-refractivity contribution in [2.45, 2.75) is 52.2 Å². The zero-order valence-electron chi connectivity index (χ0n) is 41.4. The quantitative estimate of drug-likeness (QED) is 0.107. The third-order valence-electron chi connectivity index (χ3n) is 16.0. The van der Waals surface area contributed by atoms with Crippen LogP contribution in [0, 0.1) is 0 Å². The van der Waals surface area contributed by atoms with Gasteiger partial charge in [0.2, 0.25) is 0 Å². The minimum absolute atomic E-state index is 0. The van der Waals surface area contributed by atoms with Gasteiger partial charge in [-0.1, -0.05) is 294 Å². The van der Waals surface area contributed by atoms with Crippen molar-refractivity contribution in [1.29, 1.82) is 0 Å². The molecule has 0 aliphatic rings.